The number of rotatable bonds is 2. The molecule has 0 radical (unpaired) electrons. The van der Waals surface area contributed by atoms with Crippen LogP contribution in [0.25, 0.3) is 61.5 Å². The summed E-state index contributed by atoms with van der Waals surface area (Å²) in [5, 5.41) is 18.9. The Balaban J connectivity index is 1.39. The van der Waals surface area contributed by atoms with Crippen molar-refractivity contribution in [2.75, 3.05) is 0 Å². The van der Waals surface area contributed by atoms with Gasteiger partial charge in [0.25, 0.3) is 0 Å². The van der Waals surface area contributed by atoms with E-state index in [0.29, 0.717) is 0 Å². The van der Waals surface area contributed by atoms with E-state index in [9.17, 15) is 0 Å². The Morgan fingerprint density at radius 2 is 1.24 bits per heavy atom. The van der Waals surface area contributed by atoms with Gasteiger partial charge in [-0.2, -0.15) is 0 Å². The fourth-order valence-electron chi connectivity index (χ4n) is 6.56. The smallest absolute Gasteiger partial charge is 0.0973 e. The first kappa shape index (κ1) is 23.6. The minimum absolute atomic E-state index is 0.0631. The van der Waals surface area contributed by atoms with Crippen molar-refractivity contribution in [2.24, 2.45) is 0 Å². The second-order valence-electron chi connectivity index (χ2n) is 11.4. The molecule has 5 aromatic carbocycles. The maximum atomic E-state index is 8.68. The first-order chi connectivity index (χ1) is 19.9. The normalized spacial score (nSPS) is 14.8. The zero-order chi connectivity index (χ0) is 27.9. The second kappa shape index (κ2) is 8.39. The van der Waals surface area contributed by atoms with Crippen LogP contribution in [0.15, 0.2) is 103 Å². The summed E-state index contributed by atoms with van der Waals surface area (Å²) in [6.45, 7) is 4.58. The molecule has 0 saturated carbocycles. The zero-order valence-electron chi connectivity index (χ0n) is 22.8. The molecule has 0 saturated heterocycles. The Morgan fingerprint density at radius 1 is 0.610 bits per heavy atom. The van der Waals surface area contributed by atoms with Crippen molar-refractivity contribution < 1.29 is 0 Å². The molecule has 0 aliphatic heterocycles. The van der Waals surface area contributed by atoms with Crippen LogP contribution < -0.4 is 0 Å². The Kier molecular flexibility index (Phi) is 4.84. The quantitative estimate of drug-likeness (QED) is 0.236. The monoisotopic (exact) mass is 526 g/mol. The molecule has 0 bridgehead atoms. The van der Waals surface area contributed by atoms with Gasteiger partial charge in [-0.3, -0.25) is 10.8 Å². The minimum Gasteiger partial charge on any atom is -0.299 e. The average molecular weight is 527 g/mol. The highest BCUT2D eigenvalue weighted by Crippen LogP contribution is 2.49. The van der Waals surface area contributed by atoms with Crippen molar-refractivity contribution in [1.29, 1.82) is 10.8 Å². The van der Waals surface area contributed by atoms with Gasteiger partial charge in [0.2, 0.25) is 0 Å². The molecule has 2 N–H and O–H groups in total. The first-order valence-corrected chi connectivity index (χ1v) is 13.8. The Bertz CT molecular complexity index is 2170. The summed E-state index contributed by atoms with van der Waals surface area (Å²) >= 11 is 0. The maximum absolute atomic E-state index is 8.68. The van der Waals surface area contributed by atoms with E-state index in [1.807, 2.05) is 36.4 Å². The first-order valence-electron chi connectivity index (χ1n) is 13.8. The van der Waals surface area contributed by atoms with E-state index in [-0.39, 0.29) is 16.8 Å². The lowest BCUT2D eigenvalue weighted by atomic mass is 9.82. The molecular weight excluding hydrogens is 500 g/mol. The molecule has 0 spiro atoms. The molecule has 0 amide bonds. The van der Waals surface area contributed by atoms with E-state index < -0.39 is 0 Å². The highest BCUT2D eigenvalue weighted by atomic mass is 14.8. The highest BCUT2D eigenvalue weighted by Gasteiger charge is 2.35. The van der Waals surface area contributed by atoms with Gasteiger partial charge < -0.3 is 0 Å². The molecule has 8 rings (SSSR count). The number of hydrogen-bond acceptors (Lipinski definition) is 4. The van der Waals surface area contributed by atoms with Crippen LogP contribution in [0, 0.1) is 10.8 Å². The number of aromatic nitrogens is 2. The summed E-state index contributed by atoms with van der Waals surface area (Å²) in [7, 11) is 0. The molecule has 194 valence electrons. The van der Waals surface area contributed by atoms with Crippen molar-refractivity contribution in [3.8, 4) is 33.6 Å². The molecule has 1 heterocycles. The molecule has 0 unspecified atom stereocenters. The third-order valence-electron chi connectivity index (χ3n) is 8.70. The molecule has 1 aromatic heterocycles. The molecule has 0 fully saturated rings. The van der Waals surface area contributed by atoms with Crippen LogP contribution in [0.1, 0.15) is 36.1 Å². The van der Waals surface area contributed by atoms with Gasteiger partial charge in [0, 0.05) is 22.1 Å². The van der Waals surface area contributed by atoms with Gasteiger partial charge in [-0.05, 0) is 68.9 Å². The molecule has 0 atom stereocenters. The molecule has 2 aliphatic rings. The van der Waals surface area contributed by atoms with Crippen molar-refractivity contribution >= 4 is 39.3 Å². The number of hydrogen-bond donors (Lipinski definition) is 2. The van der Waals surface area contributed by atoms with E-state index in [1.54, 1.807) is 6.08 Å². The standard InChI is InChI=1S/C37H26N4/c1-37(2)28-8-4-3-7-25(28)27-20-24(15-17-29(27)37)36-35(40-31-9-5-6-10-32(31)41-36)23-14-12-21-11-13-22-16-18-30(38)34(39)33(22)26(21)19-23/h3-20,38-39H,1-2H3. The van der Waals surface area contributed by atoms with Crippen LogP contribution in [0.4, 0.5) is 0 Å². The van der Waals surface area contributed by atoms with E-state index in [2.05, 4.69) is 80.6 Å². The van der Waals surface area contributed by atoms with Gasteiger partial charge in [0.15, 0.2) is 0 Å². The SMILES string of the molecule is CC1(C)c2ccccc2-c2cc(-c3nc4ccccc4nc3-c3ccc4ccc5c(c4c3)C(=N)C(=N)C=C5)ccc21. The number of benzene rings is 5. The number of nitrogens with one attached hydrogen (secondary N) is 2. The lowest BCUT2D eigenvalue weighted by Crippen LogP contribution is -2.16. The summed E-state index contributed by atoms with van der Waals surface area (Å²) < 4.78 is 0. The van der Waals surface area contributed by atoms with Crippen LogP contribution in [0.3, 0.4) is 0 Å². The van der Waals surface area contributed by atoms with Gasteiger partial charge in [-0.25, -0.2) is 9.97 Å². The van der Waals surface area contributed by atoms with Crippen LogP contribution in [-0.4, -0.2) is 21.4 Å². The van der Waals surface area contributed by atoms with Crippen molar-refractivity contribution in [1.82, 2.24) is 9.97 Å². The number of para-hydroxylation sites is 2. The predicted octanol–water partition coefficient (Wildman–Crippen LogP) is 8.84. The van der Waals surface area contributed by atoms with Gasteiger partial charge in [0.1, 0.15) is 0 Å². The van der Waals surface area contributed by atoms with E-state index >= 15 is 0 Å². The van der Waals surface area contributed by atoms with Crippen LogP contribution in [-0.2, 0) is 5.41 Å². The maximum Gasteiger partial charge on any atom is 0.0973 e. The Labute approximate surface area is 238 Å². The lowest BCUT2D eigenvalue weighted by Gasteiger charge is -2.21. The van der Waals surface area contributed by atoms with Crippen LogP contribution in [0.2, 0.25) is 0 Å². The molecule has 4 nitrogen and oxygen atoms in total. The fraction of sp³-hybridized carbons (Fsp3) is 0.0811. The second-order valence-corrected chi connectivity index (χ2v) is 11.4. The van der Waals surface area contributed by atoms with Crippen LogP contribution in [0.5, 0.6) is 0 Å². The topological polar surface area (TPSA) is 73.5 Å². The van der Waals surface area contributed by atoms with Crippen molar-refractivity contribution in [3.05, 3.63) is 125 Å². The summed E-state index contributed by atoms with van der Waals surface area (Å²) in [6, 6.07) is 33.8. The number of allylic oxidation sites excluding steroid dienone is 1. The van der Waals surface area contributed by atoms with Gasteiger partial charge >= 0.3 is 0 Å². The van der Waals surface area contributed by atoms with Gasteiger partial charge in [-0.15, -0.1) is 0 Å². The summed E-state index contributed by atoms with van der Waals surface area (Å²) in [4.78, 5) is 10.4. The third-order valence-corrected chi connectivity index (χ3v) is 8.70. The van der Waals surface area contributed by atoms with Crippen LogP contribution >= 0.6 is 0 Å². The average Bonchev–Trinajstić information content (AvgIpc) is 3.23. The zero-order valence-corrected chi connectivity index (χ0v) is 22.8. The summed E-state index contributed by atoms with van der Waals surface area (Å²) in [6.07, 6.45) is 3.62. The van der Waals surface area contributed by atoms with E-state index in [0.717, 1.165) is 55.4 Å². The highest BCUT2D eigenvalue weighted by molar-refractivity contribution is 6.53. The largest absolute Gasteiger partial charge is 0.299 e. The van der Waals surface area contributed by atoms with Crippen molar-refractivity contribution in [2.45, 2.75) is 19.3 Å². The Hall–Kier alpha value is -5.22. The molecule has 4 heteroatoms. The van der Waals surface area contributed by atoms with Gasteiger partial charge in [0.05, 0.1) is 33.8 Å². The number of nitrogens with zero attached hydrogens (tertiary/aromatic N) is 2. The molecular formula is C37H26N4. The molecule has 6 aromatic rings. The lowest BCUT2D eigenvalue weighted by molar-refractivity contribution is 0.660. The molecule has 2 aliphatic carbocycles. The minimum atomic E-state index is -0.0631. The Morgan fingerprint density at radius 3 is 2.02 bits per heavy atom. The third kappa shape index (κ3) is 3.40. The predicted molar refractivity (Wildman–Crippen MR) is 169 cm³/mol. The van der Waals surface area contributed by atoms with Gasteiger partial charge in [-0.1, -0.05) is 92.7 Å². The van der Waals surface area contributed by atoms with E-state index in [4.69, 9.17) is 20.8 Å². The summed E-state index contributed by atoms with van der Waals surface area (Å²) in [5.41, 5.74) is 12.6. The van der Waals surface area contributed by atoms with Crippen molar-refractivity contribution in [3.63, 3.8) is 0 Å². The fourth-order valence-corrected chi connectivity index (χ4v) is 6.56. The number of fused-ring (bicyclic) bond motifs is 7. The molecule has 41 heavy (non-hydrogen) atoms. The summed E-state index contributed by atoms with van der Waals surface area (Å²) in [5.74, 6) is 0. The van der Waals surface area contributed by atoms with E-state index in [1.165, 1.54) is 22.3 Å².